The molecule has 0 aliphatic carbocycles. The second-order valence-electron chi connectivity index (χ2n) is 5.50. The highest BCUT2D eigenvalue weighted by atomic mass is 79.9. The predicted octanol–water partition coefficient (Wildman–Crippen LogP) is 6.36. The van der Waals surface area contributed by atoms with Crippen molar-refractivity contribution in [3.05, 3.63) is 82.8 Å². The second kappa shape index (κ2) is 8.14. The van der Waals surface area contributed by atoms with E-state index in [0.717, 1.165) is 27.3 Å². The number of benzene rings is 3. The Hall–Kier alpha value is -2.37. The number of nitrogens with one attached hydrogen (secondary N) is 2. The molecular weight excluding hydrogens is 396 g/mol. The van der Waals surface area contributed by atoms with Gasteiger partial charge in [-0.05, 0) is 89.2 Å². The summed E-state index contributed by atoms with van der Waals surface area (Å²) >= 11 is 8.91. The molecule has 3 nitrogen and oxygen atoms in total. The van der Waals surface area contributed by atoms with Gasteiger partial charge in [0.05, 0.1) is 5.69 Å². The Morgan fingerprint density at radius 1 is 0.880 bits per heavy atom. The molecule has 3 aromatic rings. The monoisotopic (exact) mass is 412 g/mol. The molecule has 3 aromatic carbocycles. The zero-order chi connectivity index (χ0) is 17.6. The van der Waals surface area contributed by atoms with E-state index in [1.807, 2.05) is 79.7 Å². The molecule has 0 aromatic heterocycles. The number of para-hydroxylation sites is 1. The predicted molar refractivity (Wildman–Crippen MR) is 112 cm³/mol. The molecule has 5 heteroatoms. The lowest BCUT2D eigenvalue weighted by Crippen LogP contribution is -2.19. The van der Waals surface area contributed by atoms with Gasteiger partial charge in [0.15, 0.2) is 5.11 Å². The number of hydrogen-bond donors (Lipinski definition) is 2. The van der Waals surface area contributed by atoms with Crippen molar-refractivity contribution in [3.63, 3.8) is 0 Å². The van der Waals surface area contributed by atoms with Crippen molar-refractivity contribution < 1.29 is 4.74 Å². The Balaban J connectivity index is 1.60. The molecule has 0 saturated heterocycles. The van der Waals surface area contributed by atoms with Crippen LogP contribution in [0.5, 0.6) is 11.5 Å². The van der Waals surface area contributed by atoms with Gasteiger partial charge < -0.3 is 15.4 Å². The van der Waals surface area contributed by atoms with E-state index in [2.05, 4.69) is 26.6 Å². The van der Waals surface area contributed by atoms with Crippen LogP contribution in [0.2, 0.25) is 0 Å². The normalized spacial score (nSPS) is 10.2. The molecule has 0 spiro atoms. The van der Waals surface area contributed by atoms with E-state index in [1.54, 1.807) is 0 Å². The third-order valence-corrected chi connectivity index (χ3v) is 4.32. The fraction of sp³-hybridized carbons (Fsp3) is 0.0500. The molecule has 0 atom stereocenters. The molecule has 0 saturated carbocycles. The highest BCUT2D eigenvalue weighted by molar-refractivity contribution is 9.10. The van der Waals surface area contributed by atoms with E-state index in [4.69, 9.17) is 17.0 Å². The van der Waals surface area contributed by atoms with Crippen LogP contribution in [0, 0.1) is 6.92 Å². The van der Waals surface area contributed by atoms with E-state index < -0.39 is 0 Å². The first kappa shape index (κ1) is 17.5. The molecule has 25 heavy (non-hydrogen) atoms. The van der Waals surface area contributed by atoms with Crippen molar-refractivity contribution in [1.29, 1.82) is 0 Å². The van der Waals surface area contributed by atoms with Crippen LogP contribution < -0.4 is 15.4 Å². The van der Waals surface area contributed by atoms with Gasteiger partial charge in [0, 0.05) is 10.2 Å². The summed E-state index contributed by atoms with van der Waals surface area (Å²) in [5, 5.41) is 6.88. The van der Waals surface area contributed by atoms with Crippen LogP contribution in [0.4, 0.5) is 11.4 Å². The SMILES string of the molecule is Cc1ccc(NC(=S)Nc2ccc(Oc3ccccc3)cc2)c(Br)c1. The number of thiocarbonyl (C=S) groups is 1. The summed E-state index contributed by atoms with van der Waals surface area (Å²) in [5.74, 6) is 1.58. The average molecular weight is 413 g/mol. The standard InChI is InChI=1S/C20H17BrN2OS/c1-14-7-12-19(18(21)13-14)23-20(25)22-15-8-10-17(11-9-15)24-16-5-3-2-4-6-16/h2-13H,1H3,(H2,22,23,25). The molecule has 0 radical (unpaired) electrons. The summed E-state index contributed by atoms with van der Waals surface area (Å²) in [7, 11) is 0. The number of aryl methyl sites for hydroxylation is 1. The molecule has 2 N–H and O–H groups in total. The molecule has 3 rings (SSSR count). The molecule has 0 amide bonds. The van der Waals surface area contributed by atoms with Crippen LogP contribution in [0.15, 0.2) is 77.3 Å². The Bertz CT molecular complexity index is 867. The van der Waals surface area contributed by atoms with Crippen LogP contribution in [0.25, 0.3) is 0 Å². The van der Waals surface area contributed by atoms with Gasteiger partial charge in [-0.2, -0.15) is 0 Å². The quantitative estimate of drug-likeness (QED) is 0.488. The number of halogens is 1. The van der Waals surface area contributed by atoms with Crippen molar-refractivity contribution in [3.8, 4) is 11.5 Å². The van der Waals surface area contributed by atoms with Crippen molar-refractivity contribution >= 4 is 44.6 Å². The van der Waals surface area contributed by atoms with Crippen molar-refractivity contribution in [2.75, 3.05) is 10.6 Å². The molecule has 0 bridgehead atoms. The Morgan fingerprint density at radius 3 is 2.24 bits per heavy atom. The highest BCUT2D eigenvalue weighted by Gasteiger charge is 2.04. The molecule has 0 fully saturated rings. The third kappa shape index (κ3) is 5.05. The fourth-order valence-corrected chi connectivity index (χ4v) is 3.06. The van der Waals surface area contributed by atoms with Crippen LogP contribution in [0.1, 0.15) is 5.56 Å². The Labute approximate surface area is 161 Å². The number of ether oxygens (including phenoxy) is 1. The lowest BCUT2D eigenvalue weighted by molar-refractivity contribution is 0.483. The van der Waals surface area contributed by atoms with Crippen molar-refractivity contribution in [2.45, 2.75) is 6.92 Å². The van der Waals surface area contributed by atoms with Gasteiger partial charge in [0.25, 0.3) is 0 Å². The maximum absolute atomic E-state index is 5.78. The van der Waals surface area contributed by atoms with Gasteiger partial charge in [-0.15, -0.1) is 0 Å². The van der Waals surface area contributed by atoms with Gasteiger partial charge in [-0.3, -0.25) is 0 Å². The summed E-state index contributed by atoms with van der Waals surface area (Å²) in [6, 6.07) is 23.4. The van der Waals surface area contributed by atoms with Crippen LogP contribution >= 0.6 is 28.1 Å². The van der Waals surface area contributed by atoms with Crippen molar-refractivity contribution in [2.24, 2.45) is 0 Å². The second-order valence-corrected chi connectivity index (χ2v) is 6.76. The third-order valence-electron chi connectivity index (χ3n) is 3.46. The number of anilines is 2. The number of hydrogen-bond acceptors (Lipinski definition) is 2. The van der Waals surface area contributed by atoms with Gasteiger partial charge in [0.1, 0.15) is 11.5 Å². The molecule has 0 aliphatic rings. The van der Waals surface area contributed by atoms with E-state index in [1.165, 1.54) is 5.56 Å². The Kier molecular flexibility index (Phi) is 5.68. The summed E-state index contributed by atoms with van der Waals surface area (Å²) in [6.07, 6.45) is 0. The molecule has 126 valence electrons. The van der Waals surface area contributed by atoms with E-state index >= 15 is 0 Å². The first-order chi connectivity index (χ1) is 12.1. The summed E-state index contributed by atoms with van der Waals surface area (Å²) in [6.45, 7) is 2.05. The molecular formula is C20H17BrN2OS. The minimum atomic E-state index is 0.529. The first-order valence-corrected chi connectivity index (χ1v) is 8.97. The van der Waals surface area contributed by atoms with Crippen molar-refractivity contribution in [1.82, 2.24) is 0 Å². The summed E-state index contributed by atoms with van der Waals surface area (Å²) < 4.78 is 6.75. The largest absolute Gasteiger partial charge is 0.457 e. The lowest BCUT2D eigenvalue weighted by atomic mass is 10.2. The van der Waals surface area contributed by atoms with Gasteiger partial charge >= 0.3 is 0 Å². The highest BCUT2D eigenvalue weighted by Crippen LogP contribution is 2.25. The molecule has 0 aliphatic heterocycles. The average Bonchev–Trinajstić information content (AvgIpc) is 2.60. The smallest absolute Gasteiger partial charge is 0.175 e. The van der Waals surface area contributed by atoms with Crippen LogP contribution in [-0.2, 0) is 0 Å². The maximum atomic E-state index is 5.78. The van der Waals surface area contributed by atoms with Gasteiger partial charge in [-0.25, -0.2) is 0 Å². The van der Waals surface area contributed by atoms with Gasteiger partial charge in [-0.1, -0.05) is 24.3 Å². The first-order valence-electron chi connectivity index (χ1n) is 7.77. The van der Waals surface area contributed by atoms with Crippen LogP contribution in [-0.4, -0.2) is 5.11 Å². The van der Waals surface area contributed by atoms with E-state index in [9.17, 15) is 0 Å². The fourth-order valence-electron chi connectivity index (χ4n) is 2.24. The van der Waals surface area contributed by atoms with Gasteiger partial charge in [0.2, 0.25) is 0 Å². The van der Waals surface area contributed by atoms with E-state index in [0.29, 0.717) is 5.11 Å². The zero-order valence-electron chi connectivity index (χ0n) is 13.6. The summed E-state index contributed by atoms with van der Waals surface area (Å²) in [5.41, 5.74) is 3.00. The Morgan fingerprint density at radius 2 is 1.56 bits per heavy atom. The minimum Gasteiger partial charge on any atom is -0.457 e. The van der Waals surface area contributed by atoms with E-state index in [-0.39, 0.29) is 0 Å². The topological polar surface area (TPSA) is 33.3 Å². The zero-order valence-corrected chi connectivity index (χ0v) is 16.0. The minimum absolute atomic E-state index is 0.529. The maximum Gasteiger partial charge on any atom is 0.175 e. The lowest BCUT2D eigenvalue weighted by Gasteiger charge is -2.13. The van der Waals surface area contributed by atoms with Crippen LogP contribution in [0.3, 0.4) is 0 Å². The molecule has 0 heterocycles. The molecule has 0 unspecified atom stereocenters. The number of rotatable bonds is 4. The summed E-state index contributed by atoms with van der Waals surface area (Å²) in [4.78, 5) is 0.